The van der Waals surface area contributed by atoms with E-state index in [0.29, 0.717) is 18.1 Å². The van der Waals surface area contributed by atoms with Crippen LogP contribution in [0.15, 0.2) is 18.3 Å². The summed E-state index contributed by atoms with van der Waals surface area (Å²) in [6.07, 6.45) is 2.75. The van der Waals surface area contributed by atoms with E-state index in [9.17, 15) is 4.79 Å². The number of rotatable bonds is 4. The van der Waals surface area contributed by atoms with Crippen LogP contribution in [0.5, 0.6) is 11.6 Å². The summed E-state index contributed by atoms with van der Waals surface area (Å²) in [7, 11) is 1.49. The molecule has 14 heavy (non-hydrogen) atoms. The van der Waals surface area contributed by atoms with E-state index >= 15 is 0 Å². The molecule has 0 aliphatic carbocycles. The lowest BCUT2D eigenvalue weighted by Crippen LogP contribution is -2.08. The van der Waals surface area contributed by atoms with Crippen molar-refractivity contribution in [1.82, 2.24) is 4.98 Å². The Morgan fingerprint density at radius 1 is 1.57 bits per heavy atom. The average molecular weight is 195 g/mol. The number of carbonyl (C=O) groups is 1. The maximum atomic E-state index is 11.2. The largest absolute Gasteiger partial charge is 0.478 e. The van der Waals surface area contributed by atoms with Crippen molar-refractivity contribution in [1.29, 1.82) is 0 Å². The van der Waals surface area contributed by atoms with E-state index in [-0.39, 0.29) is 5.97 Å². The van der Waals surface area contributed by atoms with Crippen molar-refractivity contribution in [3.05, 3.63) is 18.3 Å². The average Bonchev–Trinajstić information content (AvgIpc) is 2.19. The molecule has 0 amide bonds. The van der Waals surface area contributed by atoms with Gasteiger partial charge in [0.05, 0.1) is 7.11 Å². The minimum absolute atomic E-state index is 0.265. The van der Waals surface area contributed by atoms with Gasteiger partial charge < -0.3 is 9.47 Å². The number of ether oxygens (including phenoxy) is 2. The molecule has 0 aromatic carbocycles. The first-order valence-corrected chi connectivity index (χ1v) is 4.47. The third kappa shape index (κ3) is 2.73. The van der Waals surface area contributed by atoms with Gasteiger partial charge in [-0.25, -0.2) is 4.98 Å². The van der Waals surface area contributed by atoms with Gasteiger partial charge in [-0.2, -0.15) is 0 Å². The van der Waals surface area contributed by atoms with Gasteiger partial charge in [0.1, 0.15) is 0 Å². The van der Waals surface area contributed by atoms with Gasteiger partial charge in [-0.15, -0.1) is 0 Å². The summed E-state index contributed by atoms with van der Waals surface area (Å²) in [5, 5.41) is 0. The van der Waals surface area contributed by atoms with Gasteiger partial charge in [0.25, 0.3) is 5.88 Å². The molecule has 1 rings (SSSR count). The van der Waals surface area contributed by atoms with Crippen LogP contribution < -0.4 is 9.47 Å². The Bertz CT molecular complexity index is 312. The minimum Gasteiger partial charge on any atom is -0.478 e. The molecule has 0 fully saturated rings. The predicted octanol–water partition coefficient (Wildman–Crippen LogP) is 1.80. The second-order valence-corrected chi connectivity index (χ2v) is 2.73. The highest BCUT2D eigenvalue weighted by Gasteiger charge is 2.08. The topological polar surface area (TPSA) is 48.4 Å². The van der Waals surface area contributed by atoms with Crippen LogP contribution in [-0.4, -0.2) is 18.1 Å². The molecular formula is C10H13NO3. The van der Waals surface area contributed by atoms with Crippen molar-refractivity contribution >= 4 is 5.97 Å². The van der Waals surface area contributed by atoms with Crippen LogP contribution in [0.3, 0.4) is 0 Å². The molecule has 0 aliphatic rings. The Hall–Kier alpha value is -1.58. The summed E-state index contributed by atoms with van der Waals surface area (Å²) >= 11 is 0. The summed E-state index contributed by atoms with van der Waals surface area (Å²) in [5.41, 5.74) is 0. The zero-order valence-corrected chi connectivity index (χ0v) is 8.32. The molecular weight excluding hydrogens is 182 g/mol. The molecule has 0 N–H and O–H groups in total. The fourth-order valence-corrected chi connectivity index (χ4v) is 0.985. The SMILES string of the molecule is CCCC(=O)Oc1cccnc1OC. The lowest BCUT2D eigenvalue weighted by molar-refractivity contribution is -0.134. The molecule has 0 spiro atoms. The normalized spacial score (nSPS) is 9.57. The van der Waals surface area contributed by atoms with Crippen LogP contribution in [0.4, 0.5) is 0 Å². The Morgan fingerprint density at radius 3 is 3.00 bits per heavy atom. The van der Waals surface area contributed by atoms with Gasteiger partial charge in [0, 0.05) is 12.6 Å². The molecule has 0 atom stereocenters. The third-order valence-electron chi connectivity index (χ3n) is 1.61. The van der Waals surface area contributed by atoms with Gasteiger partial charge in [-0.05, 0) is 18.6 Å². The smallest absolute Gasteiger partial charge is 0.311 e. The van der Waals surface area contributed by atoms with Crippen molar-refractivity contribution in [2.75, 3.05) is 7.11 Å². The maximum Gasteiger partial charge on any atom is 0.311 e. The van der Waals surface area contributed by atoms with E-state index in [0.717, 1.165) is 6.42 Å². The van der Waals surface area contributed by atoms with Crippen LogP contribution in [0.25, 0.3) is 0 Å². The summed E-state index contributed by atoms with van der Waals surface area (Å²) < 4.78 is 9.99. The molecule has 4 heteroatoms. The van der Waals surface area contributed by atoms with Crippen molar-refractivity contribution in [2.45, 2.75) is 19.8 Å². The van der Waals surface area contributed by atoms with Gasteiger partial charge in [0.2, 0.25) is 0 Å². The Morgan fingerprint density at radius 2 is 2.36 bits per heavy atom. The second kappa shape index (κ2) is 5.21. The highest BCUT2D eigenvalue weighted by Crippen LogP contribution is 2.23. The number of carbonyl (C=O) groups excluding carboxylic acids is 1. The molecule has 0 unspecified atom stereocenters. The summed E-state index contributed by atoms with van der Waals surface area (Å²) in [5.74, 6) is 0.434. The molecule has 0 aliphatic heterocycles. The van der Waals surface area contributed by atoms with Crippen molar-refractivity contribution in [3.63, 3.8) is 0 Å². The first kappa shape index (κ1) is 10.5. The first-order valence-electron chi connectivity index (χ1n) is 4.47. The fourth-order valence-electron chi connectivity index (χ4n) is 0.985. The van der Waals surface area contributed by atoms with Crippen LogP contribution >= 0.6 is 0 Å². The monoisotopic (exact) mass is 195 g/mol. The number of aromatic nitrogens is 1. The molecule has 4 nitrogen and oxygen atoms in total. The van der Waals surface area contributed by atoms with Crippen LogP contribution in [0.2, 0.25) is 0 Å². The van der Waals surface area contributed by atoms with Crippen molar-refractivity contribution < 1.29 is 14.3 Å². The van der Waals surface area contributed by atoms with Gasteiger partial charge in [0.15, 0.2) is 5.75 Å². The maximum absolute atomic E-state index is 11.2. The summed E-state index contributed by atoms with van der Waals surface area (Å²) in [6, 6.07) is 3.34. The van der Waals surface area contributed by atoms with Gasteiger partial charge in [-0.3, -0.25) is 4.79 Å². The Kier molecular flexibility index (Phi) is 3.91. The lowest BCUT2D eigenvalue weighted by atomic mass is 10.3. The summed E-state index contributed by atoms with van der Waals surface area (Å²) in [4.78, 5) is 15.1. The van der Waals surface area contributed by atoms with E-state index in [1.54, 1.807) is 18.3 Å². The molecule has 0 bridgehead atoms. The molecule has 0 saturated carbocycles. The molecule has 76 valence electrons. The number of nitrogens with zero attached hydrogens (tertiary/aromatic N) is 1. The van der Waals surface area contributed by atoms with E-state index in [1.807, 2.05) is 6.92 Å². The third-order valence-corrected chi connectivity index (χ3v) is 1.61. The molecule has 0 saturated heterocycles. The minimum atomic E-state index is -0.265. The summed E-state index contributed by atoms with van der Waals surface area (Å²) in [6.45, 7) is 1.92. The van der Waals surface area contributed by atoms with Crippen molar-refractivity contribution in [2.24, 2.45) is 0 Å². The van der Waals surface area contributed by atoms with Crippen molar-refractivity contribution in [3.8, 4) is 11.6 Å². The quantitative estimate of drug-likeness (QED) is 0.687. The second-order valence-electron chi connectivity index (χ2n) is 2.73. The highest BCUT2D eigenvalue weighted by atomic mass is 16.6. The zero-order chi connectivity index (χ0) is 10.4. The molecule has 1 heterocycles. The molecule has 1 aromatic heterocycles. The lowest BCUT2D eigenvalue weighted by Gasteiger charge is -2.06. The Labute approximate surface area is 82.9 Å². The standard InChI is InChI=1S/C10H13NO3/c1-3-5-9(12)14-8-6-4-7-11-10(8)13-2/h4,6-7H,3,5H2,1-2H3. The fraction of sp³-hybridized carbons (Fsp3) is 0.400. The van der Waals surface area contributed by atoms with E-state index in [1.165, 1.54) is 7.11 Å². The molecule has 1 aromatic rings. The van der Waals surface area contributed by atoms with E-state index < -0.39 is 0 Å². The highest BCUT2D eigenvalue weighted by molar-refractivity contribution is 5.72. The van der Waals surface area contributed by atoms with Crippen LogP contribution in [-0.2, 0) is 4.79 Å². The van der Waals surface area contributed by atoms with Gasteiger partial charge >= 0.3 is 5.97 Å². The first-order chi connectivity index (χ1) is 6.77. The number of methoxy groups -OCH3 is 1. The van der Waals surface area contributed by atoms with Crippen LogP contribution in [0.1, 0.15) is 19.8 Å². The van der Waals surface area contributed by atoms with E-state index in [2.05, 4.69) is 4.98 Å². The number of hydrogen-bond acceptors (Lipinski definition) is 4. The van der Waals surface area contributed by atoms with Crippen LogP contribution in [0, 0.1) is 0 Å². The zero-order valence-electron chi connectivity index (χ0n) is 8.32. The van der Waals surface area contributed by atoms with E-state index in [4.69, 9.17) is 9.47 Å². The number of hydrogen-bond donors (Lipinski definition) is 0. The van der Waals surface area contributed by atoms with Gasteiger partial charge in [-0.1, -0.05) is 6.92 Å². The number of esters is 1. The number of pyridine rings is 1. The predicted molar refractivity (Wildman–Crippen MR) is 51.3 cm³/mol. The molecule has 0 radical (unpaired) electrons. The Balaban J connectivity index is 2.70.